The van der Waals surface area contributed by atoms with E-state index in [4.69, 9.17) is 0 Å². The molecule has 3 rings (SSSR count). The van der Waals surface area contributed by atoms with E-state index in [1.54, 1.807) is 13.8 Å². The number of phenols is 1. The maximum Gasteiger partial charge on any atom is 0.416 e. The molecule has 2 N–H and O–H groups in total. The number of carboxylic acids is 1. The summed E-state index contributed by atoms with van der Waals surface area (Å²) in [5, 5.41) is 20.0. The largest absolute Gasteiger partial charge is 0.505 e. The number of carbonyl (C=O) groups is 2. The van der Waals surface area contributed by atoms with Crippen LogP contribution in [0.3, 0.4) is 0 Å². The van der Waals surface area contributed by atoms with Gasteiger partial charge in [-0.3, -0.25) is 14.2 Å². The van der Waals surface area contributed by atoms with Crippen molar-refractivity contribution in [3.63, 3.8) is 0 Å². The summed E-state index contributed by atoms with van der Waals surface area (Å²) >= 11 is 0. The Bertz CT molecular complexity index is 1200. The molecule has 1 heterocycles. The van der Waals surface area contributed by atoms with Crippen molar-refractivity contribution in [3.05, 3.63) is 64.6 Å². The Morgan fingerprint density at radius 3 is 2.22 bits per heavy atom. The summed E-state index contributed by atoms with van der Waals surface area (Å²) in [5.74, 6) is -5.00. The summed E-state index contributed by atoms with van der Waals surface area (Å²) in [5.41, 5.74) is -0.539. The highest BCUT2D eigenvalue weighted by Gasteiger charge is 2.34. The standard InChI is InChI=1S/C23H21F4NO4/c1-4-11(2)19(22(31)32)20-12(3)28(17-10-16(24)18(29)9-15(17)20)21(30)13-5-7-14(8-6-13)23(25,26)27/h5-11,19,29H,4H2,1-3H3,(H,31,32)/t11?,19-/m0/s1. The first-order valence-corrected chi connectivity index (χ1v) is 9.86. The van der Waals surface area contributed by atoms with Gasteiger partial charge in [0.25, 0.3) is 5.91 Å². The number of rotatable bonds is 5. The fourth-order valence-corrected chi connectivity index (χ4v) is 3.92. The number of carboxylic acid groups (broad SMARTS) is 1. The Morgan fingerprint density at radius 1 is 1.12 bits per heavy atom. The summed E-state index contributed by atoms with van der Waals surface area (Å²) in [6.45, 7) is 5.02. The molecule has 0 saturated carbocycles. The van der Waals surface area contributed by atoms with Crippen molar-refractivity contribution in [1.82, 2.24) is 4.57 Å². The Morgan fingerprint density at radius 2 is 1.72 bits per heavy atom. The fraction of sp³-hybridized carbons (Fsp3) is 0.304. The van der Waals surface area contributed by atoms with Crippen LogP contribution in [0.15, 0.2) is 36.4 Å². The Hall–Kier alpha value is -3.36. The molecule has 3 aromatic rings. The molecular formula is C23H21F4NO4. The number of nitrogens with zero attached hydrogens (tertiary/aromatic N) is 1. The predicted molar refractivity (Wildman–Crippen MR) is 109 cm³/mol. The molecule has 2 aromatic carbocycles. The molecule has 1 aromatic heterocycles. The Labute approximate surface area is 180 Å². The second kappa shape index (κ2) is 8.29. The summed E-state index contributed by atoms with van der Waals surface area (Å²) < 4.78 is 53.9. The van der Waals surface area contributed by atoms with Crippen LogP contribution >= 0.6 is 0 Å². The van der Waals surface area contributed by atoms with Crippen LogP contribution in [0.25, 0.3) is 10.9 Å². The van der Waals surface area contributed by atoms with E-state index in [9.17, 15) is 37.4 Å². The van der Waals surface area contributed by atoms with E-state index in [0.717, 1.165) is 41.0 Å². The molecule has 0 radical (unpaired) electrons. The molecule has 0 saturated heterocycles. The zero-order valence-corrected chi connectivity index (χ0v) is 17.5. The highest BCUT2D eigenvalue weighted by Crippen LogP contribution is 2.39. The minimum atomic E-state index is -4.57. The molecule has 0 spiro atoms. The molecule has 9 heteroatoms. The minimum Gasteiger partial charge on any atom is -0.505 e. The number of aromatic nitrogens is 1. The van der Waals surface area contributed by atoms with Gasteiger partial charge in [0.15, 0.2) is 11.6 Å². The first-order chi connectivity index (χ1) is 14.9. The van der Waals surface area contributed by atoms with E-state index in [1.165, 1.54) is 6.92 Å². The third-order valence-corrected chi connectivity index (χ3v) is 5.77. The van der Waals surface area contributed by atoms with E-state index in [2.05, 4.69) is 0 Å². The first-order valence-electron chi connectivity index (χ1n) is 9.86. The van der Waals surface area contributed by atoms with Crippen molar-refractivity contribution < 1.29 is 37.4 Å². The van der Waals surface area contributed by atoms with Gasteiger partial charge in [-0.25, -0.2) is 4.39 Å². The third kappa shape index (κ3) is 3.94. The predicted octanol–water partition coefficient (Wildman–Crippen LogP) is 5.72. The van der Waals surface area contributed by atoms with Crippen molar-refractivity contribution in [2.45, 2.75) is 39.3 Å². The molecular weight excluding hydrogens is 430 g/mol. The summed E-state index contributed by atoms with van der Waals surface area (Å²) in [6, 6.07) is 5.54. The molecule has 2 atom stereocenters. The molecule has 0 fully saturated rings. The van der Waals surface area contributed by atoms with Gasteiger partial charge in [0.05, 0.1) is 17.0 Å². The number of carbonyl (C=O) groups excluding carboxylic acids is 1. The molecule has 0 amide bonds. The van der Waals surface area contributed by atoms with Crippen LogP contribution in [0.2, 0.25) is 0 Å². The van der Waals surface area contributed by atoms with Gasteiger partial charge >= 0.3 is 12.1 Å². The number of aromatic hydroxyl groups is 1. The summed E-state index contributed by atoms with van der Waals surface area (Å²) in [7, 11) is 0. The maximum absolute atomic E-state index is 14.2. The van der Waals surface area contributed by atoms with Gasteiger partial charge < -0.3 is 10.2 Å². The maximum atomic E-state index is 14.2. The van der Waals surface area contributed by atoms with Crippen molar-refractivity contribution >= 4 is 22.8 Å². The van der Waals surface area contributed by atoms with Crippen LogP contribution in [0.4, 0.5) is 17.6 Å². The first kappa shape index (κ1) is 23.3. The fourth-order valence-electron chi connectivity index (χ4n) is 3.92. The van der Waals surface area contributed by atoms with Crippen LogP contribution in [0.5, 0.6) is 5.75 Å². The second-order valence-electron chi connectivity index (χ2n) is 7.74. The average Bonchev–Trinajstić information content (AvgIpc) is 2.98. The van der Waals surface area contributed by atoms with Crippen LogP contribution in [-0.4, -0.2) is 26.7 Å². The molecule has 1 unspecified atom stereocenters. The van der Waals surface area contributed by atoms with Gasteiger partial charge in [0.1, 0.15) is 0 Å². The molecule has 0 aliphatic carbocycles. The van der Waals surface area contributed by atoms with Crippen LogP contribution in [0, 0.1) is 18.7 Å². The highest BCUT2D eigenvalue weighted by atomic mass is 19.4. The van der Waals surface area contributed by atoms with E-state index in [-0.39, 0.29) is 33.6 Å². The lowest BCUT2D eigenvalue weighted by molar-refractivity contribution is -0.140. The topological polar surface area (TPSA) is 79.5 Å². The lowest BCUT2D eigenvalue weighted by atomic mass is 9.84. The quantitative estimate of drug-likeness (QED) is 0.487. The normalized spacial score (nSPS) is 13.8. The van der Waals surface area contributed by atoms with Crippen molar-refractivity contribution in [2.75, 3.05) is 0 Å². The molecule has 170 valence electrons. The lowest BCUT2D eigenvalue weighted by Gasteiger charge is -2.20. The zero-order valence-electron chi connectivity index (χ0n) is 17.5. The summed E-state index contributed by atoms with van der Waals surface area (Å²) in [4.78, 5) is 25.3. The molecule has 0 aliphatic rings. The molecule has 0 bridgehead atoms. The number of aliphatic carboxylic acids is 1. The molecule has 32 heavy (non-hydrogen) atoms. The van der Waals surface area contributed by atoms with Crippen molar-refractivity contribution in [2.24, 2.45) is 5.92 Å². The van der Waals surface area contributed by atoms with E-state index in [0.29, 0.717) is 6.42 Å². The van der Waals surface area contributed by atoms with Crippen LogP contribution in [0.1, 0.15) is 53.4 Å². The number of hydrogen-bond donors (Lipinski definition) is 2. The minimum absolute atomic E-state index is 0.0206. The molecule has 0 aliphatic heterocycles. The van der Waals surface area contributed by atoms with E-state index < -0.39 is 41.1 Å². The van der Waals surface area contributed by atoms with Gasteiger partial charge in [0, 0.05) is 22.7 Å². The monoisotopic (exact) mass is 451 g/mol. The average molecular weight is 451 g/mol. The number of phenolic OH excluding ortho intramolecular Hbond substituents is 1. The lowest BCUT2D eigenvalue weighted by Crippen LogP contribution is -2.21. The number of hydrogen-bond acceptors (Lipinski definition) is 3. The second-order valence-corrected chi connectivity index (χ2v) is 7.74. The van der Waals surface area contributed by atoms with Gasteiger partial charge in [-0.1, -0.05) is 20.3 Å². The number of fused-ring (bicyclic) bond motifs is 1. The van der Waals surface area contributed by atoms with Gasteiger partial charge in [-0.15, -0.1) is 0 Å². The summed E-state index contributed by atoms with van der Waals surface area (Å²) in [6.07, 6.45) is -4.07. The number of halogens is 4. The number of alkyl halides is 3. The number of benzene rings is 2. The third-order valence-electron chi connectivity index (χ3n) is 5.77. The van der Waals surface area contributed by atoms with Gasteiger partial charge in [-0.05, 0) is 48.7 Å². The van der Waals surface area contributed by atoms with E-state index in [1.807, 2.05) is 0 Å². The van der Waals surface area contributed by atoms with Gasteiger partial charge in [-0.2, -0.15) is 13.2 Å². The van der Waals surface area contributed by atoms with Crippen LogP contribution in [-0.2, 0) is 11.0 Å². The van der Waals surface area contributed by atoms with Gasteiger partial charge in [0.2, 0.25) is 0 Å². The zero-order chi connectivity index (χ0) is 24.0. The Kier molecular flexibility index (Phi) is 6.04. The SMILES string of the molecule is CCC(C)[C@H](C(=O)O)c1c(C)n(C(=O)c2ccc(C(F)(F)F)cc2)c2cc(F)c(O)cc12. The smallest absolute Gasteiger partial charge is 0.416 e. The molecule has 5 nitrogen and oxygen atoms in total. The van der Waals surface area contributed by atoms with Crippen molar-refractivity contribution in [1.29, 1.82) is 0 Å². The van der Waals surface area contributed by atoms with Crippen LogP contribution < -0.4 is 0 Å². The van der Waals surface area contributed by atoms with E-state index >= 15 is 0 Å². The highest BCUT2D eigenvalue weighted by molar-refractivity contribution is 6.05. The van der Waals surface area contributed by atoms with Crippen molar-refractivity contribution in [3.8, 4) is 5.75 Å². The Balaban J connectivity index is 2.28.